The van der Waals surface area contributed by atoms with Crippen LogP contribution in [0.1, 0.15) is 5.56 Å². The Morgan fingerprint density at radius 3 is 2.00 bits per heavy atom. The van der Waals surface area contributed by atoms with E-state index in [0.29, 0.717) is 11.3 Å². The van der Waals surface area contributed by atoms with Gasteiger partial charge in [-0.3, -0.25) is 10.1 Å². The Morgan fingerprint density at radius 1 is 0.962 bits per heavy atom. The second-order valence-electron chi connectivity index (χ2n) is 5.31. The molecule has 3 aromatic rings. The molecule has 7 heteroatoms. The van der Waals surface area contributed by atoms with Gasteiger partial charge in [0.05, 0.1) is 0 Å². The average molecular weight is 406 g/mol. The van der Waals surface area contributed by atoms with E-state index in [4.69, 9.17) is 39.2 Å². The van der Waals surface area contributed by atoms with E-state index in [0.717, 1.165) is 11.1 Å². The molecule has 0 radical (unpaired) electrons. The smallest absolute Gasteiger partial charge is 0.278 e. The summed E-state index contributed by atoms with van der Waals surface area (Å²) in [7, 11) is 0. The van der Waals surface area contributed by atoms with Crippen molar-refractivity contribution in [1.82, 2.24) is 0 Å². The summed E-state index contributed by atoms with van der Waals surface area (Å²) in [5.74, 6) is -0.540. The lowest BCUT2D eigenvalue weighted by Gasteiger charge is -2.09. The van der Waals surface area contributed by atoms with Gasteiger partial charge in [-0.25, -0.2) is 0 Å². The van der Waals surface area contributed by atoms with Crippen LogP contribution in [0.25, 0.3) is 22.5 Å². The number of nitrogens with zero attached hydrogens (tertiary/aromatic N) is 1. The van der Waals surface area contributed by atoms with E-state index >= 15 is 0 Å². The number of carbonyl (C=O) groups excluding carboxylic acids is 1. The van der Waals surface area contributed by atoms with Crippen LogP contribution in [0.15, 0.2) is 65.1 Å². The second kappa shape index (κ2) is 7.43. The molecule has 0 unspecified atom stereocenters. The van der Waals surface area contributed by atoms with Crippen molar-refractivity contribution in [2.24, 2.45) is 0 Å². The summed E-state index contributed by atoms with van der Waals surface area (Å²) >= 11 is 16.8. The molecule has 4 nitrogen and oxygen atoms in total. The van der Waals surface area contributed by atoms with Crippen molar-refractivity contribution in [2.45, 2.75) is 3.79 Å². The van der Waals surface area contributed by atoms with Crippen molar-refractivity contribution in [2.75, 3.05) is 5.32 Å². The topological polar surface area (TPSA) is 66.0 Å². The highest BCUT2D eigenvalue weighted by Gasteiger charge is 2.33. The van der Waals surface area contributed by atoms with E-state index in [9.17, 15) is 10.1 Å². The summed E-state index contributed by atoms with van der Waals surface area (Å²) in [6.07, 6.45) is 0. The Labute approximate surface area is 164 Å². The van der Waals surface area contributed by atoms with Gasteiger partial charge < -0.3 is 4.42 Å². The minimum absolute atomic E-state index is 0.0680. The molecule has 1 aromatic heterocycles. The van der Waals surface area contributed by atoms with Gasteiger partial charge in [0.1, 0.15) is 17.4 Å². The lowest BCUT2D eigenvalue weighted by atomic mass is 9.98. The van der Waals surface area contributed by atoms with E-state index < -0.39 is 9.70 Å². The first kappa shape index (κ1) is 18.3. The number of alkyl halides is 3. The zero-order valence-electron chi connectivity index (χ0n) is 13.2. The molecule has 0 aliphatic rings. The molecule has 26 heavy (non-hydrogen) atoms. The number of rotatable bonds is 3. The molecule has 0 fully saturated rings. The quantitative estimate of drug-likeness (QED) is 0.560. The van der Waals surface area contributed by atoms with Gasteiger partial charge in [0.25, 0.3) is 9.70 Å². The maximum Gasteiger partial charge on any atom is 0.278 e. The van der Waals surface area contributed by atoms with Crippen LogP contribution < -0.4 is 5.32 Å². The Hall–Kier alpha value is -2.45. The molecule has 2 aromatic carbocycles. The number of nitrogens with one attached hydrogen (secondary N) is 1. The molecular formula is C19H11Cl3N2O2. The van der Waals surface area contributed by atoms with Crippen molar-refractivity contribution in [3.63, 3.8) is 0 Å². The zero-order chi connectivity index (χ0) is 18.7. The third kappa shape index (κ3) is 3.71. The highest BCUT2D eigenvalue weighted by Crippen LogP contribution is 2.42. The lowest BCUT2D eigenvalue weighted by Crippen LogP contribution is -2.27. The molecular weight excluding hydrogens is 395 g/mol. The highest BCUT2D eigenvalue weighted by molar-refractivity contribution is 6.76. The third-order valence-corrected chi connectivity index (χ3v) is 4.12. The van der Waals surface area contributed by atoms with Gasteiger partial charge >= 0.3 is 0 Å². The van der Waals surface area contributed by atoms with Crippen LogP contribution >= 0.6 is 34.8 Å². The number of furan rings is 1. The van der Waals surface area contributed by atoms with Crippen molar-refractivity contribution in [3.8, 4) is 28.5 Å². The first-order valence-electron chi connectivity index (χ1n) is 7.47. The molecule has 0 spiro atoms. The Morgan fingerprint density at radius 2 is 1.50 bits per heavy atom. The molecule has 0 atom stereocenters. The first-order valence-corrected chi connectivity index (χ1v) is 8.61. The molecule has 0 aliphatic carbocycles. The van der Waals surface area contributed by atoms with Crippen LogP contribution in [0.5, 0.6) is 0 Å². The molecule has 0 bridgehead atoms. The number of hydrogen-bond acceptors (Lipinski definition) is 3. The van der Waals surface area contributed by atoms with Crippen molar-refractivity contribution < 1.29 is 9.21 Å². The number of anilines is 1. The van der Waals surface area contributed by atoms with Crippen LogP contribution in [0, 0.1) is 11.3 Å². The predicted molar refractivity (Wildman–Crippen MR) is 103 cm³/mol. The van der Waals surface area contributed by atoms with Crippen LogP contribution in [0.3, 0.4) is 0 Å². The minimum Gasteiger partial charge on any atom is -0.438 e. The Kier molecular flexibility index (Phi) is 5.24. The monoisotopic (exact) mass is 404 g/mol. The normalized spacial score (nSPS) is 11.0. The van der Waals surface area contributed by atoms with Crippen LogP contribution in [-0.2, 0) is 4.79 Å². The van der Waals surface area contributed by atoms with E-state index in [1.807, 2.05) is 60.7 Å². The summed E-state index contributed by atoms with van der Waals surface area (Å²) in [5, 5.41) is 12.1. The molecule has 1 heterocycles. The number of halogens is 3. The largest absolute Gasteiger partial charge is 0.438 e. The first-order chi connectivity index (χ1) is 12.4. The molecule has 1 N–H and O–H groups in total. The molecule has 0 saturated heterocycles. The van der Waals surface area contributed by atoms with Gasteiger partial charge in [0.15, 0.2) is 0 Å². The molecule has 1 amide bonds. The standard InChI is InChI=1S/C19H11Cl3N2O2/c20-19(21,22)18(25)24-17-14(11-23)15(12-7-3-1-4-8-12)16(26-17)13-9-5-2-6-10-13/h1-10H,(H,24,25). The SMILES string of the molecule is N#Cc1c(NC(=O)C(Cl)(Cl)Cl)oc(-c2ccccc2)c1-c1ccccc1. The number of hydrogen-bond donors (Lipinski definition) is 1. The molecule has 130 valence electrons. The molecule has 0 aliphatic heterocycles. The third-order valence-electron chi connectivity index (χ3n) is 3.60. The Balaban J connectivity index is 2.21. The van der Waals surface area contributed by atoms with Gasteiger partial charge in [-0.2, -0.15) is 5.26 Å². The highest BCUT2D eigenvalue weighted by atomic mass is 35.6. The zero-order valence-corrected chi connectivity index (χ0v) is 15.4. The van der Waals surface area contributed by atoms with Gasteiger partial charge in [-0.1, -0.05) is 95.5 Å². The fourth-order valence-electron chi connectivity index (χ4n) is 2.47. The predicted octanol–water partition coefficient (Wildman–Crippen LogP) is 5.79. The minimum atomic E-state index is -2.18. The van der Waals surface area contributed by atoms with Crippen LogP contribution in [0.4, 0.5) is 5.88 Å². The lowest BCUT2D eigenvalue weighted by molar-refractivity contribution is -0.115. The van der Waals surface area contributed by atoms with E-state index in [1.165, 1.54) is 0 Å². The summed E-state index contributed by atoms with van der Waals surface area (Å²) in [4.78, 5) is 12.0. The van der Waals surface area contributed by atoms with Crippen LogP contribution in [-0.4, -0.2) is 9.70 Å². The van der Waals surface area contributed by atoms with Crippen LogP contribution in [0.2, 0.25) is 0 Å². The summed E-state index contributed by atoms with van der Waals surface area (Å²) in [5.41, 5.74) is 2.22. The second-order valence-corrected chi connectivity index (χ2v) is 7.59. The van der Waals surface area contributed by atoms with Gasteiger partial charge in [-0.05, 0) is 5.56 Å². The number of carbonyl (C=O) groups is 1. The maximum atomic E-state index is 12.0. The van der Waals surface area contributed by atoms with Gasteiger partial charge in [0.2, 0.25) is 5.88 Å². The van der Waals surface area contributed by atoms with Crippen molar-refractivity contribution >= 4 is 46.6 Å². The molecule has 3 rings (SSSR count). The van der Waals surface area contributed by atoms with E-state index in [1.54, 1.807) is 0 Å². The number of nitriles is 1. The van der Waals surface area contributed by atoms with Gasteiger partial charge in [0, 0.05) is 11.1 Å². The molecule has 0 saturated carbocycles. The Bertz CT molecular complexity index is 972. The fraction of sp³-hybridized carbons (Fsp3) is 0.0526. The maximum absolute atomic E-state index is 12.0. The van der Waals surface area contributed by atoms with E-state index in [2.05, 4.69) is 11.4 Å². The number of benzene rings is 2. The summed E-state index contributed by atoms with van der Waals surface area (Å²) < 4.78 is 3.63. The van der Waals surface area contributed by atoms with E-state index in [-0.39, 0.29) is 11.4 Å². The number of amides is 1. The average Bonchev–Trinajstić information content (AvgIpc) is 3.00. The van der Waals surface area contributed by atoms with Gasteiger partial charge in [-0.15, -0.1) is 0 Å². The van der Waals surface area contributed by atoms with Crippen molar-refractivity contribution in [3.05, 3.63) is 66.2 Å². The summed E-state index contributed by atoms with van der Waals surface area (Å²) in [6, 6.07) is 20.6. The fourth-order valence-corrected chi connectivity index (χ4v) is 2.61. The van der Waals surface area contributed by atoms with Crippen molar-refractivity contribution in [1.29, 1.82) is 5.26 Å². The summed E-state index contributed by atoms with van der Waals surface area (Å²) in [6.45, 7) is 0.